The third-order valence-electron chi connectivity index (χ3n) is 4.66. The molecule has 1 aromatic carbocycles. The number of rotatable bonds is 4. The molecule has 1 atom stereocenters. The fraction of sp³-hybridized carbons (Fsp3) is 0.444. The van der Waals surface area contributed by atoms with Crippen molar-refractivity contribution in [1.29, 1.82) is 0 Å². The van der Waals surface area contributed by atoms with Crippen LogP contribution in [0.2, 0.25) is 0 Å². The molecule has 1 unspecified atom stereocenters. The highest BCUT2D eigenvalue weighted by molar-refractivity contribution is 7.12. The predicted octanol–water partition coefficient (Wildman–Crippen LogP) is 4.09. The molecule has 0 saturated heterocycles. The van der Waals surface area contributed by atoms with Gasteiger partial charge in [-0.25, -0.2) is 0 Å². The lowest BCUT2D eigenvalue weighted by molar-refractivity contribution is 0.368. The van der Waals surface area contributed by atoms with Crippen LogP contribution < -0.4 is 5.73 Å². The molecule has 0 radical (unpaired) electrons. The average molecular weight is 285 g/mol. The van der Waals surface area contributed by atoms with Crippen LogP contribution in [0.25, 0.3) is 0 Å². The maximum Gasteiger partial charge on any atom is 0.0126 e. The molecule has 2 N–H and O–H groups in total. The second kappa shape index (κ2) is 5.71. The van der Waals surface area contributed by atoms with E-state index in [1.54, 1.807) is 0 Å². The van der Waals surface area contributed by atoms with Crippen molar-refractivity contribution in [3.63, 3.8) is 0 Å². The molecule has 2 aromatic rings. The van der Waals surface area contributed by atoms with E-state index in [1.165, 1.54) is 40.1 Å². The van der Waals surface area contributed by atoms with E-state index in [9.17, 15) is 0 Å². The summed E-state index contributed by atoms with van der Waals surface area (Å²) in [5, 5.41) is 0. The molecular weight excluding hydrogens is 262 g/mol. The zero-order valence-corrected chi connectivity index (χ0v) is 13.0. The van der Waals surface area contributed by atoms with Crippen molar-refractivity contribution in [1.82, 2.24) is 0 Å². The molecule has 0 bridgehead atoms. The number of nitrogens with two attached hydrogens (primary N) is 1. The smallest absolute Gasteiger partial charge is 0.0126 e. The predicted molar refractivity (Wildman–Crippen MR) is 87.5 cm³/mol. The molecule has 1 aliphatic rings. The van der Waals surface area contributed by atoms with Crippen LogP contribution in [0, 0.1) is 0 Å². The number of fused-ring (bicyclic) bond motifs is 1. The monoisotopic (exact) mass is 285 g/mol. The van der Waals surface area contributed by atoms with Crippen LogP contribution in [0.3, 0.4) is 0 Å². The van der Waals surface area contributed by atoms with Gasteiger partial charge in [0.05, 0.1) is 0 Å². The van der Waals surface area contributed by atoms with Crippen molar-refractivity contribution in [3.8, 4) is 0 Å². The zero-order chi connectivity index (χ0) is 14.0. The normalized spacial score (nSPS) is 21.7. The van der Waals surface area contributed by atoms with Gasteiger partial charge in [-0.1, -0.05) is 31.2 Å². The third kappa shape index (κ3) is 2.43. The van der Waals surface area contributed by atoms with Gasteiger partial charge in [0.2, 0.25) is 0 Å². The number of aryl methyl sites for hydroxylation is 2. The quantitative estimate of drug-likeness (QED) is 0.899. The summed E-state index contributed by atoms with van der Waals surface area (Å²) in [5.41, 5.74) is 9.41. The van der Waals surface area contributed by atoms with Gasteiger partial charge in [-0.05, 0) is 55.4 Å². The van der Waals surface area contributed by atoms with Crippen LogP contribution in [0.15, 0.2) is 36.4 Å². The molecule has 2 heteroatoms. The Morgan fingerprint density at radius 3 is 2.70 bits per heavy atom. The zero-order valence-electron chi connectivity index (χ0n) is 12.2. The minimum absolute atomic E-state index is 0.157. The van der Waals surface area contributed by atoms with E-state index >= 15 is 0 Å². The highest BCUT2D eigenvalue weighted by Gasteiger charge is 2.35. The topological polar surface area (TPSA) is 26.0 Å². The first-order valence-corrected chi connectivity index (χ1v) is 8.45. The van der Waals surface area contributed by atoms with Crippen molar-refractivity contribution >= 4 is 11.3 Å². The van der Waals surface area contributed by atoms with E-state index in [-0.39, 0.29) is 5.41 Å². The Morgan fingerprint density at radius 1 is 1.15 bits per heavy atom. The maximum atomic E-state index is 6.24. The van der Waals surface area contributed by atoms with Crippen LogP contribution in [-0.4, -0.2) is 6.54 Å². The lowest BCUT2D eigenvalue weighted by Gasteiger charge is -2.38. The second-order valence-electron chi connectivity index (χ2n) is 5.89. The maximum absolute atomic E-state index is 6.24. The van der Waals surface area contributed by atoms with Gasteiger partial charge in [-0.15, -0.1) is 11.3 Å². The molecule has 0 amide bonds. The molecule has 20 heavy (non-hydrogen) atoms. The van der Waals surface area contributed by atoms with Gasteiger partial charge in [-0.3, -0.25) is 0 Å². The summed E-state index contributed by atoms with van der Waals surface area (Å²) in [5.74, 6) is 0. The molecule has 1 aromatic heterocycles. The first-order chi connectivity index (χ1) is 9.77. The summed E-state index contributed by atoms with van der Waals surface area (Å²) < 4.78 is 0. The van der Waals surface area contributed by atoms with Gasteiger partial charge in [0.15, 0.2) is 0 Å². The standard InChI is InChI=1S/C18H23NS/c1-2-15-9-10-16(20-15)12-18(13-19)11-5-7-14-6-3-4-8-17(14)18/h3-4,6,8-10H,2,5,7,11-13,19H2,1H3. The first-order valence-electron chi connectivity index (χ1n) is 7.63. The van der Waals surface area contributed by atoms with E-state index in [1.807, 2.05) is 11.3 Å². The van der Waals surface area contributed by atoms with E-state index in [4.69, 9.17) is 5.73 Å². The molecule has 1 aliphatic carbocycles. The summed E-state index contributed by atoms with van der Waals surface area (Å²) in [6, 6.07) is 13.5. The summed E-state index contributed by atoms with van der Waals surface area (Å²) in [6.45, 7) is 2.98. The van der Waals surface area contributed by atoms with E-state index < -0.39 is 0 Å². The highest BCUT2D eigenvalue weighted by atomic mass is 32.1. The highest BCUT2D eigenvalue weighted by Crippen LogP contribution is 2.40. The van der Waals surface area contributed by atoms with Gasteiger partial charge in [0.25, 0.3) is 0 Å². The Bertz CT molecular complexity index is 587. The largest absolute Gasteiger partial charge is 0.330 e. The Labute approximate surface area is 125 Å². The van der Waals surface area contributed by atoms with E-state index in [0.717, 1.165) is 19.4 Å². The average Bonchev–Trinajstić information content (AvgIpc) is 2.95. The first kappa shape index (κ1) is 13.8. The molecule has 1 heterocycles. The van der Waals surface area contributed by atoms with Gasteiger partial charge < -0.3 is 5.73 Å². The van der Waals surface area contributed by atoms with Crippen molar-refractivity contribution in [2.75, 3.05) is 6.54 Å². The minimum Gasteiger partial charge on any atom is -0.330 e. The van der Waals surface area contributed by atoms with Crippen molar-refractivity contribution in [3.05, 3.63) is 57.3 Å². The molecule has 0 saturated carbocycles. The fourth-order valence-corrected chi connectivity index (χ4v) is 4.62. The lowest BCUT2D eigenvalue weighted by atomic mass is 9.68. The number of hydrogen-bond donors (Lipinski definition) is 1. The molecule has 0 spiro atoms. The Balaban J connectivity index is 1.96. The van der Waals surface area contributed by atoms with E-state index in [2.05, 4.69) is 43.3 Å². The second-order valence-corrected chi connectivity index (χ2v) is 7.15. The van der Waals surface area contributed by atoms with E-state index in [0.29, 0.717) is 0 Å². The Hall–Kier alpha value is -1.12. The molecular formula is C18H23NS. The van der Waals surface area contributed by atoms with Crippen LogP contribution in [0.5, 0.6) is 0 Å². The summed E-state index contributed by atoms with van der Waals surface area (Å²) in [6.07, 6.45) is 5.94. The van der Waals surface area contributed by atoms with Crippen LogP contribution in [0.4, 0.5) is 0 Å². The van der Waals surface area contributed by atoms with Crippen molar-refractivity contribution in [2.24, 2.45) is 5.73 Å². The molecule has 0 aliphatic heterocycles. The SMILES string of the molecule is CCc1ccc(CC2(CN)CCCc3ccccc32)s1. The van der Waals surface area contributed by atoms with Crippen LogP contribution >= 0.6 is 11.3 Å². The molecule has 3 rings (SSSR count). The molecule has 1 nitrogen and oxygen atoms in total. The van der Waals surface area contributed by atoms with Crippen LogP contribution in [0.1, 0.15) is 40.6 Å². The fourth-order valence-electron chi connectivity index (χ4n) is 3.52. The summed E-state index contributed by atoms with van der Waals surface area (Å²) >= 11 is 1.96. The van der Waals surface area contributed by atoms with Gasteiger partial charge in [-0.2, -0.15) is 0 Å². The summed E-state index contributed by atoms with van der Waals surface area (Å²) in [4.78, 5) is 2.97. The van der Waals surface area contributed by atoms with Crippen molar-refractivity contribution in [2.45, 2.75) is 44.4 Å². The van der Waals surface area contributed by atoms with Gasteiger partial charge in [0.1, 0.15) is 0 Å². The van der Waals surface area contributed by atoms with Crippen LogP contribution in [-0.2, 0) is 24.7 Å². The molecule has 106 valence electrons. The number of benzene rings is 1. The summed E-state index contributed by atoms with van der Waals surface area (Å²) in [7, 11) is 0. The molecule has 0 fully saturated rings. The van der Waals surface area contributed by atoms with Crippen molar-refractivity contribution < 1.29 is 0 Å². The third-order valence-corrected chi connectivity index (χ3v) is 5.89. The van der Waals surface area contributed by atoms with Gasteiger partial charge >= 0.3 is 0 Å². The lowest BCUT2D eigenvalue weighted by Crippen LogP contribution is -2.40. The Morgan fingerprint density at radius 2 is 1.95 bits per heavy atom. The van der Waals surface area contributed by atoms with Gasteiger partial charge in [0, 0.05) is 21.7 Å². The Kier molecular flexibility index (Phi) is 3.95. The number of thiophene rings is 1. The minimum atomic E-state index is 0.157. The number of hydrogen-bond acceptors (Lipinski definition) is 2.